The normalized spacial score (nSPS) is 16.1. The number of amides is 1. The molecule has 1 aliphatic rings. The van der Waals surface area contributed by atoms with Crippen LogP contribution in [0.3, 0.4) is 0 Å². The molecule has 0 saturated carbocycles. The summed E-state index contributed by atoms with van der Waals surface area (Å²) in [5.74, 6) is 2.29. The third kappa shape index (κ3) is 5.50. The summed E-state index contributed by atoms with van der Waals surface area (Å²) >= 11 is 6.01. The van der Waals surface area contributed by atoms with Crippen molar-refractivity contribution >= 4 is 17.5 Å². The molecule has 27 heavy (non-hydrogen) atoms. The van der Waals surface area contributed by atoms with Crippen LogP contribution in [0.2, 0.25) is 5.02 Å². The van der Waals surface area contributed by atoms with Crippen molar-refractivity contribution in [1.29, 1.82) is 0 Å². The van der Waals surface area contributed by atoms with Crippen LogP contribution in [0.25, 0.3) is 0 Å². The van der Waals surface area contributed by atoms with Gasteiger partial charge in [0.1, 0.15) is 17.3 Å². The Hall–Kier alpha value is -1.98. The number of furan rings is 1. The molecule has 1 aliphatic heterocycles. The molecule has 6 heteroatoms. The van der Waals surface area contributed by atoms with E-state index in [0.29, 0.717) is 17.3 Å². The number of piperidine rings is 1. The number of hydrogen-bond donors (Lipinski definition) is 1. The van der Waals surface area contributed by atoms with Crippen molar-refractivity contribution in [3.63, 3.8) is 0 Å². The Kier molecular flexibility index (Phi) is 6.80. The first kappa shape index (κ1) is 19.8. The van der Waals surface area contributed by atoms with Gasteiger partial charge in [-0.15, -0.1) is 0 Å². The monoisotopic (exact) mass is 390 g/mol. The zero-order valence-electron chi connectivity index (χ0n) is 16.0. The Bertz CT molecular complexity index is 769. The van der Waals surface area contributed by atoms with E-state index in [1.54, 1.807) is 12.1 Å². The third-order valence-corrected chi connectivity index (χ3v) is 5.34. The topological polar surface area (TPSA) is 54.7 Å². The number of aryl methyl sites for hydroxylation is 2. The molecule has 1 N–H and O–H groups in total. The van der Waals surface area contributed by atoms with Gasteiger partial charge in [-0.3, -0.25) is 9.69 Å². The molecule has 5 nitrogen and oxygen atoms in total. The molecule has 0 radical (unpaired) electrons. The van der Waals surface area contributed by atoms with Crippen LogP contribution in [0.5, 0.6) is 5.75 Å². The zero-order chi connectivity index (χ0) is 19.2. The van der Waals surface area contributed by atoms with Crippen LogP contribution < -0.4 is 10.1 Å². The molecule has 0 aliphatic carbocycles. The SMILES string of the molecule is Cc1ccc(C(CNC(=O)COc2ccc(Cl)c(C)c2)N2CCCCC2)o1. The summed E-state index contributed by atoms with van der Waals surface area (Å²) in [6.45, 7) is 6.39. The maximum absolute atomic E-state index is 12.3. The number of ether oxygens (including phenoxy) is 1. The van der Waals surface area contributed by atoms with Crippen LogP contribution in [0.4, 0.5) is 0 Å². The van der Waals surface area contributed by atoms with E-state index in [0.717, 1.165) is 30.2 Å². The predicted molar refractivity (Wildman–Crippen MR) is 106 cm³/mol. The van der Waals surface area contributed by atoms with E-state index in [-0.39, 0.29) is 18.6 Å². The summed E-state index contributed by atoms with van der Waals surface area (Å²) in [6.07, 6.45) is 3.63. The molecule has 1 fully saturated rings. The van der Waals surface area contributed by atoms with Crippen LogP contribution in [0.15, 0.2) is 34.7 Å². The second-order valence-electron chi connectivity index (χ2n) is 7.06. The van der Waals surface area contributed by atoms with Crippen molar-refractivity contribution in [2.75, 3.05) is 26.2 Å². The lowest BCUT2D eigenvalue weighted by Crippen LogP contribution is -2.41. The maximum atomic E-state index is 12.3. The Labute approximate surface area is 165 Å². The summed E-state index contributed by atoms with van der Waals surface area (Å²) in [7, 11) is 0. The van der Waals surface area contributed by atoms with E-state index < -0.39 is 0 Å². The van der Waals surface area contributed by atoms with Crippen molar-refractivity contribution in [2.24, 2.45) is 0 Å². The first-order valence-corrected chi connectivity index (χ1v) is 9.87. The fourth-order valence-electron chi connectivity index (χ4n) is 3.39. The van der Waals surface area contributed by atoms with Gasteiger partial charge >= 0.3 is 0 Å². The highest BCUT2D eigenvalue weighted by Gasteiger charge is 2.25. The van der Waals surface area contributed by atoms with Gasteiger partial charge in [-0.2, -0.15) is 0 Å². The molecule has 1 atom stereocenters. The van der Waals surface area contributed by atoms with Gasteiger partial charge in [0.25, 0.3) is 5.91 Å². The molecule has 2 heterocycles. The number of nitrogens with one attached hydrogen (secondary N) is 1. The predicted octanol–water partition coefficient (Wildman–Crippen LogP) is 4.27. The smallest absolute Gasteiger partial charge is 0.258 e. The minimum Gasteiger partial charge on any atom is -0.484 e. The quantitative estimate of drug-likeness (QED) is 0.766. The average molecular weight is 391 g/mol. The van der Waals surface area contributed by atoms with Gasteiger partial charge in [-0.25, -0.2) is 0 Å². The van der Waals surface area contributed by atoms with Crippen LogP contribution in [0.1, 0.15) is 42.4 Å². The molecular formula is C21H27ClN2O3. The average Bonchev–Trinajstić information content (AvgIpc) is 3.10. The first-order chi connectivity index (χ1) is 13.0. The lowest BCUT2D eigenvalue weighted by molar-refractivity contribution is -0.123. The van der Waals surface area contributed by atoms with E-state index in [4.69, 9.17) is 20.8 Å². The minimum absolute atomic E-state index is 0.0228. The highest BCUT2D eigenvalue weighted by Crippen LogP contribution is 2.26. The summed E-state index contributed by atoms with van der Waals surface area (Å²) in [4.78, 5) is 14.7. The molecule has 3 rings (SSSR count). The summed E-state index contributed by atoms with van der Waals surface area (Å²) < 4.78 is 11.4. The Morgan fingerprint density at radius 2 is 2.00 bits per heavy atom. The van der Waals surface area contributed by atoms with Gasteiger partial charge in [0.15, 0.2) is 6.61 Å². The van der Waals surface area contributed by atoms with Gasteiger partial charge in [-0.1, -0.05) is 18.0 Å². The molecule has 1 aromatic carbocycles. The Balaban J connectivity index is 1.55. The van der Waals surface area contributed by atoms with E-state index in [9.17, 15) is 4.79 Å². The molecule has 0 bridgehead atoms. The number of hydrogen-bond acceptors (Lipinski definition) is 4. The molecule has 146 valence electrons. The number of rotatable bonds is 7. The van der Waals surface area contributed by atoms with Crippen molar-refractivity contribution in [3.05, 3.63) is 52.4 Å². The molecular weight excluding hydrogens is 364 g/mol. The van der Waals surface area contributed by atoms with E-state index in [1.165, 1.54) is 19.3 Å². The van der Waals surface area contributed by atoms with Crippen LogP contribution in [0, 0.1) is 13.8 Å². The van der Waals surface area contributed by atoms with Crippen LogP contribution >= 0.6 is 11.6 Å². The van der Waals surface area contributed by atoms with Crippen LogP contribution in [-0.2, 0) is 4.79 Å². The third-order valence-electron chi connectivity index (χ3n) is 4.91. The Morgan fingerprint density at radius 1 is 1.22 bits per heavy atom. The van der Waals surface area contributed by atoms with Crippen molar-refractivity contribution in [1.82, 2.24) is 10.2 Å². The zero-order valence-corrected chi connectivity index (χ0v) is 16.7. The number of nitrogens with zero attached hydrogens (tertiary/aromatic N) is 1. The second kappa shape index (κ2) is 9.29. The molecule has 1 amide bonds. The van der Waals surface area contributed by atoms with Crippen molar-refractivity contribution in [2.45, 2.75) is 39.2 Å². The van der Waals surface area contributed by atoms with Crippen molar-refractivity contribution in [3.8, 4) is 5.75 Å². The summed E-state index contributed by atoms with van der Waals surface area (Å²) in [6, 6.07) is 9.41. The lowest BCUT2D eigenvalue weighted by atomic mass is 10.1. The number of benzene rings is 1. The van der Waals surface area contributed by atoms with Gasteiger partial charge in [0.05, 0.1) is 6.04 Å². The number of halogens is 1. The van der Waals surface area contributed by atoms with E-state index in [2.05, 4.69) is 10.2 Å². The van der Waals surface area contributed by atoms with E-state index in [1.807, 2.05) is 32.0 Å². The van der Waals surface area contributed by atoms with Gasteiger partial charge in [0, 0.05) is 11.6 Å². The van der Waals surface area contributed by atoms with Crippen molar-refractivity contribution < 1.29 is 13.9 Å². The molecule has 1 aromatic heterocycles. The fourth-order valence-corrected chi connectivity index (χ4v) is 3.51. The summed E-state index contributed by atoms with van der Waals surface area (Å²) in [5.41, 5.74) is 0.924. The highest BCUT2D eigenvalue weighted by molar-refractivity contribution is 6.31. The standard InChI is InChI=1S/C21H27ClN2O3/c1-15-12-17(7-8-18(15)22)26-14-21(25)23-13-19(20-9-6-16(2)27-20)24-10-4-3-5-11-24/h6-9,12,19H,3-5,10-11,13-14H2,1-2H3,(H,23,25). The number of likely N-dealkylation sites (tertiary alicyclic amines) is 1. The molecule has 2 aromatic rings. The van der Waals surface area contributed by atoms with Gasteiger partial charge < -0.3 is 14.5 Å². The molecule has 0 spiro atoms. The lowest BCUT2D eigenvalue weighted by Gasteiger charge is -2.33. The largest absolute Gasteiger partial charge is 0.484 e. The second-order valence-corrected chi connectivity index (χ2v) is 7.47. The highest BCUT2D eigenvalue weighted by atomic mass is 35.5. The van der Waals surface area contributed by atoms with E-state index >= 15 is 0 Å². The first-order valence-electron chi connectivity index (χ1n) is 9.49. The summed E-state index contributed by atoms with van der Waals surface area (Å²) in [5, 5.41) is 3.68. The van der Waals surface area contributed by atoms with Gasteiger partial charge in [0.2, 0.25) is 0 Å². The number of carbonyl (C=O) groups is 1. The molecule has 1 unspecified atom stereocenters. The van der Waals surface area contributed by atoms with Gasteiger partial charge in [-0.05, 0) is 75.7 Å². The van der Waals surface area contributed by atoms with Crippen LogP contribution in [-0.4, -0.2) is 37.0 Å². The number of carbonyl (C=O) groups excluding carboxylic acids is 1. The molecule has 1 saturated heterocycles. The maximum Gasteiger partial charge on any atom is 0.258 e. The fraction of sp³-hybridized carbons (Fsp3) is 0.476. The minimum atomic E-state index is -0.145. The Morgan fingerprint density at radius 3 is 2.67 bits per heavy atom.